The monoisotopic (exact) mass is 438 g/mol. The summed E-state index contributed by atoms with van der Waals surface area (Å²) in [5.41, 5.74) is -0.500. The van der Waals surface area contributed by atoms with E-state index in [0.717, 1.165) is 5.82 Å². The van der Waals surface area contributed by atoms with Crippen molar-refractivity contribution in [3.05, 3.63) is 41.6 Å². The second kappa shape index (κ2) is 7.71. The van der Waals surface area contributed by atoms with Gasteiger partial charge in [-0.2, -0.15) is 9.40 Å². The predicted molar refractivity (Wildman–Crippen MR) is 108 cm³/mol. The number of sulfonamides is 1. The summed E-state index contributed by atoms with van der Waals surface area (Å²) in [7, 11) is -2.03. The largest absolute Gasteiger partial charge is 0.383 e. The molecule has 0 N–H and O–H groups in total. The summed E-state index contributed by atoms with van der Waals surface area (Å²) in [6, 6.07) is 8.11. The molecule has 0 bridgehead atoms. The summed E-state index contributed by atoms with van der Waals surface area (Å²) >= 11 is 5.97. The molecule has 0 unspecified atom stereocenters. The molecule has 3 heterocycles. The highest BCUT2D eigenvalue weighted by molar-refractivity contribution is 7.89. The number of amides is 1. The lowest BCUT2D eigenvalue weighted by Crippen LogP contribution is -2.55. The van der Waals surface area contributed by atoms with E-state index in [-0.39, 0.29) is 10.8 Å². The fourth-order valence-electron chi connectivity index (χ4n) is 4.18. The molecule has 0 aliphatic carbocycles. The maximum Gasteiger partial charge on any atom is 0.243 e. The van der Waals surface area contributed by atoms with E-state index >= 15 is 0 Å². The van der Waals surface area contributed by atoms with Crippen molar-refractivity contribution in [2.24, 2.45) is 0 Å². The number of carbonyl (C=O) groups excluding carboxylic acids is 1. The van der Waals surface area contributed by atoms with Crippen LogP contribution in [-0.2, 0) is 25.1 Å². The number of rotatable bonds is 5. The highest BCUT2D eigenvalue weighted by Gasteiger charge is 2.47. The number of anilines is 1. The molecule has 8 nitrogen and oxygen atoms in total. The smallest absolute Gasteiger partial charge is 0.243 e. The fraction of sp³-hybridized carbons (Fsp3) is 0.474. The van der Waals surface area contributed by atoms with Crippen LogP contribution in [0.1, 0.15) is 19.3 Å². The SMILES string of the molecule is COCCN1C(=O)CC2(CCN(S(=O)(=O)c3cccc(Cl)c3)CC2)n2nccc21. The molecular formula is C19H23ClN4O4S. The first-order chi connectivity index (χ1) is 13.9. The second-order valence-electron chi connectivity index (χ2n) is 7.40. The standard InChI is InChI=1S/C19H23ClN4O4S/c1-28-12-11-23-17-5-8-21-24(17)19(14-18(23)25)6-9-22(10-7-19)29(26,27)16-4-2-3-15(20)13-16/h2-5,8,13H,6-7,9-12,14H2,1H3. The molecule has 29 heavy (non-hydrogen) atoms. The van der Waals surface area contributed by atoms with Gasteiger partial charge in [0.15, 0.2) is 0 Å². The summed E-state index contributed by atoms with van der Waals surface area (Å²) < 4.78 is 34.5. The number of ether oxygens (including phenoxy) is 1. The predicted octanol–water partition coefficient (Wildman–Crippen LogP) is 2.10. The number of hydrogen-bond donors (Lipinski definition) is 0. The molecule has 2 aliphatic rings. The maximum absolute atomic E-state index is 13.0. The molecule has 1 saturated heterocycles. The Hall–Kier alpha value is -1.94. The van der Waals surface area contributed by atoms with Crippen molar-refractivity contribution in [3.63, 3.8) is 0 Å². The van der Waals surface area contributed by atoms with Crippen LogP contribution in [0.3, 0.4) is 0 Å². The Morgan fingerprint density at radius 2 is 2.00 bits per heavy atom. The van der Waals surface area contributed by atoms with Crippen LogP contribution in [0.4, 0.5) is 5.82 Å². The molecule has 1 aromatic carbocycles. The molecule has 2 aliphatic heterocycles. The topological polar surface area (TPSA) is 84.7 Å². The zero-order valence-electron chi connectivity index (χ0n) is 16.1. The van der Waals surface area contributed by atoms with Crippen LogP contribution >= 0.6 is 11.6 Å². The van der Waals surface area contributed by atoms with Gasteiger partial charge in [-0.1, -0.05) is 17.7 Å². The Bertz CT molecular complexity index is 1010. The van der Waals surface area contributed by atoms with E-state index in [4.69, 9.17) is 16.3 Å². The third kappa shape index (κ3) is 3.56. The van der Waals surface area contributed by atoms with Crippen molar-refractivity contribution in [1.82, 2.24) is 14.1 Å². The van der Waals surface area contributed by atoms with Crippen molar-refractivity contribution in [2.75, 3.05) is 38.3 Å². The first-order valence-electron chi connectivity index (χ1n) is 9.47. The number of benzene rings is 1. The number of fused-ring (bicyclic) bond motifs is 2. The van der Waals surface area contributed by atoms with Crippen LogP contribution in [-0.4, -0.2) is 61.8 Å². The number of methoxy groups -OCH3 is 1. The third-order valence-electron chi connectivity index (χ3n) is 5.74. The van der Waals surface area contributed by atoms with Crippen molar-refractivity contribution in [2.45, 2.75) is 29.7 Å². The van der Waals surface area contributed by atoms with E-state index < -0.39 is 15.6 Å². The van der Waals surface area contributed by atoms with Gasteiger partial charge in [0.2, 0.25) is 15.9 Å². The molecule has 0 atom stereocenters. The number of aromatic nitrogens is 2. The van der Waals surface area contributed by atoms with Gasteiger partial charge in [-0.05, 0) is 31.0 Å². The molecule has 156 valence electrons. The second-order valence-corrected chi connectivity index (χ2v) is 9.78. The molecule has 2 aromatic rings. The lowest BCUT2D eigenvalue weighted by Gasteiger charge is -2.46. The summed E-state index contributed by atoms with van der Waals surface area (Å²) in [6.45, 7) is 1.54. The van der Waals surface area contributed by atoms with Crippen molar-refractivity contribution < 1.29 is 17.9 Å². The van der Waals surface area contributed by atoms with Gasteiger partial charge in [0.1, 0.15) is 5.82 Å². The van der Waals surface area contributed by atoms with Gasteiger partial charge >= 0.3 is 0 Å². The zero-order chi connectivity index (χ0) is 20.6. The van der Waals surface area contributed by atoms with Crippen molar-refractivity contribution >= 4 is 33.3 Å². The molecule has 10 heteroatoms. The first kappa shape index (κ1) is 20.3. The number of carbonyl (C=O) groups is 1. The summed E-state index contributed by atoms with van der Waals surface area (Å²) in [6.07, 6.45) is 3.03. The Labute approximate surface area is 175 Å². The Morgan fingerprint density at radius 3 is 2.69 bits per heavy atom. The maximum atomic E-state index is 13.0. The average Bonchev–Trinajstić information content (AvgIpc) is 3.19. The van der Waals surface area contributed by atoms with Crippen LogP contribution in [0.2, 0.25) is 5.02 Å². The Morgan fingerprint density at radius 1 is 1.24 bits per heavy atom. The average molecular weight is 439 g/mol. The van der Waals surface area contributed by atoms with Gasteiger partial charge in [-0.15, -0.1) is 0 Å². The molecule has 1 fully saturated rings. The van der Waals surface area contributed by atoms with Gasteiger partial charge in [0.25, 0.3) is 0 Å². The first-order valence-corrected chi connectivity index (χ1v) is 11.3. The van der Waals surface area contributed by atoms with E-state index in [0.29, 0.717) is 50.5 Å². The molecule has 1 spiro atoms. The molecule has 1 amide bonds. The molecule has 4 rings (SSSR count). The minimum atomic E-state index is -3.63. The number of nitrogens with zero attached hydrogens (tertiary/aromatic N) is 4. The lowest BCUT2D eigenvalue weighted by molar-refractivity contribution is -0.122. The minimum Gasteiger partial charge on any atom is -0.383 e. The molecule has 1 aromatic heterocycles. The summed E-state index contributed by atoms with van der Waals surface area (Å²) in [4.78, 5) is 14.7. The summed E-state index contributed by atoms with van der Waals surface area (Å²) in [5, 5.41) is 4.86. The third-order valence-corrected chi connectivity index (χ3v) is 7.87. The molecule has 0 radical (unpaired) electrons. The van der Waals surface area contributed by atoms with E-state index in [1.807, 2.05) is 10.7 Å². The Kier molecular flexibility index (Phi) is 5.41. The lowest BCUT2D eigenvalue weighted by atomic mass is 9.83. The van der Waals surface area contributed by atoms with Crippen LogP contribution in [0.5, 0.6) is 0 Å². The Balaban J connectivity index is 1.56. The van der Waals surface area contributed by atoms with Crippen molar-refractivity contribution in [1.29, 1.82) is 0 Å². The van der Waals surface area contributed by atoms with Crippen LogP contribution in [0.25, 0.3) is 0 Å². The van der Waals surface area contributed by atoms with Gasteiger partial charge < -0.3 is 4.74 Å². The van der Waals surface area contributed by atoms with Gasteiger partial charge in [0.05, 0.1) is 36.2 Å². The highest BCUT2D eigenvalue weighted by atomic mass is 35.5. The van der Waals surface area contributed by atoms with Crippen LogP contribution < -0.4 is 4.90 Å². The van der Waals surface area contributed by atoms with Crippen molar-refractivity contribution in [3.8, 4) is 0 Å². The van der Waals surface area contributed by atoms with E-state index in [1.165, 1.54) is 10.4 Å². The van der Waals surface area contributed by atoms with Gasteiger partial charge in [0, 0.05) is 31.3 Å². The zero-order valence-corrected chi connectivity index (χ0v) is 17.7. The summed E-state index contributed by atoms with van der Waals surface area (Å²) in [5.74, 6) is 0.755. The molecular weight excluding hydrogens is 416 g/mol. The van der Waals surface area contributed by atoms with E-state index in [9.17, 15) is 13.2 Å². The highest BCUT2D eigenvalue weighted by Crippen LogP contribution is 2.41. The fourth-order valence-corrected chi connectivity index (χ4v) is 5.92. The van der Waals surface area contributed by atoms with Gasteiger partial charge in [-0.25, -0.2) is 13.1 Å². The number of piperidine rings is 1. The minimum absolute atomic E-state index is 0.0150. The quantitative estimate of drug-likeness (QED) is 0.713. The molecule has 0 saturated carbocycles. The van der Waals surface area contributed by atoms with Gasteiger partial charge in [-0.3, -0.25) is 9.69 Å². The van der Waals surface area contributed by atoms with E-state index in [1.54, 1.807) is 36.4 Å². The normalized spacial score (nSPS) is 19.5. The van der Waals surface area contributed by atoms with Crippen LogP contribution in [0.15, 0.2) is 41.4 Å². The number of halogens is 1. The number of hydrogen-bond acceptors (Lipinski definition) is 5. The van der Waals surface area contributed by atoms with Crippen LogP contribution in [0, 0.1) is 0 Å². The van der Waals surface area contributed by atoms with E-state index in [2.05, 4.69) is 5.10 Å².